The number of hydrogen-bond donors (Lipinski definition) is 0. The lowest BCUT2D eigenvalue weighted by Crippen LogP contribution is -1.88. The zero-order valence-electron chi connectivity index (χ0n) is 5.81. The van der Waals surface area contributed by atoms with Crippen LogP contribution >= 0.6 is 39.1 Å². The average Bonchev–Trinajstić information content (AvgIpc) is 1.85. The SMILES string of the molecule is C[C@H](Br)c1ccc(Cl)nc1Cl. The number of rotatable bonds is 1. The van der Waals surface area contributed by atoms with Gasteiger partial charge in [-0.3, -0.25) is 0 Å². The molecule has 0 aromatic carbocycles. The van der Waals surface area contributed by atoms with Crippen LogP contribution in [0.5, 0.6) is 0 Å². The lowest BCUT2D eigenvalue weighted by Gasteiger charge is -2.04. The number of pyridine rings is 1. The lowest BCUT2D eigenvalue weighted by atomic mass is 10.2. The molecule has 0 unspecified atom stereocenters. The van der Waals surface area contributed by atoms with Crippen molar-refractivity contribution < 1.29 is 0 Å². The quantitative estimate of drug-likeness (QED) is 0.548. The van der Waals surface area contributed by atoms with Gasteiger partial charge in [-0.05, 0) is 13.0 Å². The zero-order valence-corrected chi connectivity index (χ0v) is 8.91. The minimum atomic E-state index is 0.208. The Morgan fingerprint density at radius 1 is 1.45 bits per heavy atom. The van der Waals surface area contributed by atoms with Gasteiger partial charge in [-0.1, -0.05) is 45.2 Å². The first-order valence-corrected chi connectivity index (χ1v) is 4.74. The highest BCUT2D eigenvalue weighted by Gasteiger charge is 2.06. The zero-order chi connectivity index (χ0) is 8.43. The fourth-order valence-electron chi connectivity index (χ4n) is 0.720. The Morgan fingerprint density at radius 2 is 2.09 bits per heavy atom. The van der Waals surface area contributed by atoms with E-state index in [4.69, 9.17) is 23.2 Å². The molecule has 1 nitrogen and oxygen atoms in total. The third-order valence-electron chi connectivity index (χ3n) is 1.27. The number of nitrogens with zero attached hydrogens (tertiary/aromatic N) is 1. The first-order valence-electron chi connectivity index (χ1n) is 3.07. The summed E-state index contributed by atoms with van der Waals surface area (Å²) in [5.41, 5.74) is 0.955. The van der Waals surface area contributed by atoms with Gasteiger partial charge >= 0.3 is 0 Å². The standard InChI is InChI=1S/C7H6BrCl2N/c1-4(8)5-2-3-6(9)11-7(5)10/h2-4H,1H3/t4-/m0/s1. The molecular weight excluding hydrogens is 249 g/mol. The Kier molecular flexibility index (Phi) is 3.16. The summed E-state index contributed by atoms with van der Waals surface area (Å²) in [6.45, 7) is 1.98. The molecule has 0 radical (unpaired) electrons. The molecule has 0 fully saturated rings. The molecule has 1 heterocycles. The van der Waals surface area contributed by atoms with Gasteiger partial charge in [0.15, 0.2) is 0 Å². The second kappa shape index (κ2) is 3.74. The van der Waals surface area contributed by atoms with Crippen molar-refractivity contribution in [2.75, 3.05) is 0 Å². The van der Waals surface area contributed by atoms with Crippen LogP contribution in [-0.2, 0) is 0 Å². The largest absolute Gasteiger partial charge is 0.224 e. The van der Waals surface area contributed by atoms with E-state index in [1.807, 2.05) is 13.0 Å². The Balaban J connectivity index is 3.09. The molecule has 1 aromatic rings. The highest BCUT2D eigenvalue weighted by atomic mass is 79.9. The van der Waals surface area contributed by atoms with E-state index in [1.54, 1.807) is 6.07 Å². The summed E-state index contributed by atoms with van der Waals surface area (Å²) < 4.78 is 0. The van der Waals surface area contributed by atoms with Gasteiger partial charge in [0, 0.05) is 10.4 Å². The van der Waals surface area contributed by atoms with Crippen LogP contribution in [0.1, 0.15) is 17.3 Å². The Bertz CT molecular complexity index is 263. The van der Waals surface area contributed by atoms with Gasteiger partial charge in [0.2, 0.25) is 0 Å². The van der Waals surface area contributed by atoms with Crippen molar-refractivity contribution in [1.82, 2.24) is 4.98 Å². The normalized spacial score (nSPS) is 13.1. The molecule has 0 aliphatic rings. The summed E-state index contributed by atoms with van der Waals surface area (Å²) in [5.74, 6) is 0. The van der Waals surface area contributed by atoms with Gasteiger partial charge in [0.05, 0.1) is 0 Å². The topological polar surface area (TPSA) is 12.9 Å². The van der Waals surface area contributed by atoms with Crippen molar-refractivity contribution in [2.24, 2.45) is 0 Å². The maximum absolute atomic E-state index is 5.80. The molecule has 1 aromatic heterocycles. The Morgan fingerprint density at radius 3 is 2.55 bits per heavy atom. The van der Waals surface area contributed by atoms with Crippen LogP contribution in [0.25, 0.3) is 0 Å². The number of hydrogen-bond acceptors (Lipinski definition) is 1. The molecule has 4 heteroatoms. The minimum Gasteiger partial charge on any atom is -0.224 e. The lowest BCUT2D eigenvalue weighted by molar-refractivity contribution is 1.09. The molecule has 1 atom stereocenters. The summed E-state index contributed by atoms with van der Waals surface area (Å²) in [6, 6.07) is 3.58. The third kappa shape index (κ3) is 2.32. The van der Waals surface area contributed by atoms with Gasteiger partial charge in [-0.25, -0.2) is 4.98 Å². The summed E-state index contributed by atoms with van der Waals surface area (Å²) in [7, 11) is 0. The van der Waals surface area contributed by atoms with Crippen molar-refractivity contribution in [3.8, 4) is 0 Å². The predicted molar refractivity (Wildman–Crippen MR) is 51.6 cm³/mol. The number of alkyl halides is 1. The fraction of sp³-hybridized carbons (Fsp3) is 0.286. The smallest absolute Gasteiger partial charge is 0.135 e. The van der Waals surface area contributed by atoms with E-state index in [2.05, 4.69) is 20.9 Å². The van der Waals surface area contributed by atoms with Crippen LogP contribution in [0.3, 0.4) is 0 Å². The first kappa shape index (κ1) is 9.30. The third-order valence-corrected chi connectivity index (χ3v) is 2.28. The van der Waals surface area contributed by atoms with Gasteiger partial charge in [-0.2, -0.15) is 0 Å². The maximum atomic E-state index is 5.80. The predicted octanol–water partition coefficient (Wildman–Crippen LogP) is 3.84. The summed E-state index contributed by atoms with van der Waals surface area (Å²) in [6.07, 6.45) is 0. The van der Waals surface area contributed by atoms with Crippen LogP contribution in [0.15, 0.2) is 12.1 Å². The average molecular weight is 255 g/mol. The molecule has 0 aliphatic carbocycles. The van der Waals surface area contributed by atoms with Crippen molar-refractivity contribution >= 4 is 39.1 Å². The van der Waals surface area contributed by atoms with Gasteiger partial charge < -0.3 is 0 Å². The van der Waals surface area contributed by atoms with Gasteiger partial charge in [-0.15, -0.1) is 0 Å². The number of aromatic nitrogens is 1. The molecule has 1 rings (SSSR count). The second-order valence-electron chi connectivity index (χ2n) is 2.13. The molecule has 0 aliphatic heterocycles. The van der Waals surface area contributed by atoms with Crippen molar-refractivity contribution in [1.29, 1.82) is 0 Å². The molecule has 0 saturated heterocycles. The molecular formula is C7H6BrCl2N. The monoisotopic (exact) mass is 253 g/mol. The van der Waals surface area contributed by atoms with Crippen LogP contribution in [0.2, 0.25) is 10.3 Å². The van der Waals surface area contributed by atoms with Crippen LogP contribution in [-0.4, -0.2) is 4.98 Å². The van der Waals surface area contributed by atoms with Crippen LogP contribution < -0.4 is 0 Å². The minimum absolute atomic E-state index is 0.208. The summed E-state index contributed by atoms with van der Waals surface area (Å²) >= 11 is 14.8. The fourth-order valence-corrected chi connectivity index (χ4v) is 1.73. The van der Waals surface area contributed by atoms with E-state index in [0.29, 0.717) is 10.3 Å². The van der Waals surface area contributed by atoms with E-state index < -0.39 is 0 Å². The molecule has 11 heavy (non-hydrogen) atoms. The van der Waals surface area contributed by atoms with E-state index >= 15 is 0 Å². The molecule has 0 spiro atoms. The van der Waals surface area contributed by atoms with E-state index in [-0.39, 0.29) is 4.83 Å². The van der Waals surface area contributed by atoms with Gasteiger partial charge in [0.1, 0.15) is 10.3 Å². The van der Waals surface area contributed by atoms with E-state index in [1.165, 1.54) is 0 Å². The molecule has 0 N–H and O–H groups in total. The van der Waals surface area contributed by atoms with Crippen molar-refractivity contribution in [3.63, 3.8) is 0 Å². The molecule has 0 amide bonds. The maximum Gasteiger partial charge on any atom is 0.135 e. The van der Waals surface area contributed by atoms with Crippen molar-refractivity contribution in [3.05, 3.63) is 28.0 Å². The first-order chi connectivity index (χ1) is 5.11. The molecule has 0 bridgehead atoms. The highest BCUT2D eigenvalue weighted by molar-refractivity contribution is 9.09. The van der Waals surface area contributed by atoms with Gasteiger partial charge in [0.25, 0.3) is 0 Å². The van der Waals surface area contributed by atoms with E-state index in [9.17, 15) is 0 Å². The Hall–Kier alpha value is 0.210. The Labute approximate surface area is 83.9 Å². The molecule has 0 saturated carbocycles. The van der Waals surface area contributed by atoms with Crippen LogP contribution in [0.4, 0.5) is 0 Å². The highest BCUT2D eigenvalue weighted by Crippen LogP contribution is 2.28. The second-order valence-corrected chi connectivity index (χ2v) is 4.25. The van der Waals surface area contributed by atoms with E-state index in [0.717, 1.165) is 5.56 Å². The van der Waals surface area contributed by atoms with Crippen molar-refractivity contribution in [2.45, 2.75) is 11.8 Å². The molecule has 60 valence electrons. The number of halogens is 3. The summed E-state index contributed by atoms with van der Waals surface area (Å²) in [5, 5.41) is 0.883. The van der Waals surface area contributed by atoms with Crippen LogP contribution in [0, 0.1) is 0 Å². The summed E-state index contributed by atoms with van der Waals surface area (Å²) in [4.78, 5) is 4.10.